The second-order valence-corrected chi connectivity index (χ2v) is 10.1. The Bertz CT molecular complexity index is 1170. The summed E-state index contributed by atoms with van der Waals surface area (Å²) in [5.41, 5.74) is 1.63. The summed E-state index contributed by atoms with van der Waals surface area (Å²) in [5, 5.41) is 6.65. The minimum atomic E-state index is -0.475. The van der Waals surface area contributed by atoms with Crippen LogP contribution in [0.5, 0.6) is 0 Å². The third-order valence-corrected chi connectivity index (χ3v) is 7.46. The molecule has 3 aromatic rings. The Morgan fingerprint density at radius 2 is 1.82 bits per heavy atom. The van der Waals surface area contributed by atoms with Crippen molar-refractivity contribution in [2.45, 2.75) is 44.2 Å². The number of hydrogen-bond acceptors (Lipinski definition) is 5. The quantitative estimate of drug-likeness (QED) is 0.412. The average molecular weight is 502 g/mol. The van der Waals surface area contributed by atoms with Gasteiger partial charge in [-0.25, -0.2) is 4.79 Å². The van der Waals surface area contributed by atoms with Crippen LogP contribution in [0.15, 0.2) is 42.5 Å². The Morgan fingerprint density at radius 1 is 1.06 bits per heavy atom. The predicted molar refractivity (Wildman–Crippen MR) is 134 cm³/mol. The van der Waals surface area contributed by atoms with E-state index in [4.69, 9.17) is 37.8 Å². The van der Waals surface area contributed by atoms with E-state index in [0.29, 0.717) is 22.3 Å². The molecule has 1 aliphatic carbocycles. The minimum Gasteiger partial charge on any atom is -0.453 e. The lowest BCUT2D eigenvalue weighted by Crippen LogP contribution is -2.50. The molecular weight excluding hydrogens is 473 g/mol. The van der Waals surface area contributed by atoms with Gasteiger partial charge in [0.1, 0.15) is 5.60 Å². The maximum absolute atomic E-state index is 13.6. The van der Waals surface area contributed by atoms with Gasteiger partial charge in [-0.1, -0.05) is 53.9 Å². The molecular formula is C26H29Cl2N3O3. The molecule has 2 aromatic carbocycles. The van der Waals surface area contributed by atoms with Crippen LogP contribution in [0.4, 0.5) is 0 Å². The first kappa shape index (κ1) is 23.6. The largest absolute Gasteiger partial charge is 0.453 e. The van der Waals surface area contributed by atoms with Gasteiger partial charge in [0.05, 0.1) is 25.3 Å². The normalized spacial score (nSPS) is 18.8. The summed E-state index contributed by atoms with van der Waals surface area (Å²) >= 11 is 12.5. The van der Waals surface area contributed by atoms with Crippen LogP contribution in [-0.2, 0) is 16.0 Å². The Labute approximate surface area is 209 Å². The molecule has 0 N–H and O–H groups in total. The molecule has 34 heavy (non-hydrogen) atoms. The fourth-order valence-corrected chi connectivity index (χ4v) is 5.58. The van der Waals surface area contributed by atoms with Crippen molar-refractivity contribution < 1.29 is 14.3 Å². The summed E-state index contributed by atoms with van der Waals surface area (Å²) < 4.78 is 13.7. The van der Waals surface area contributed by atoms with E-state index in [9.17, 15) is 4.79 Å². The first-order valence-corrected chi connectivity index (χ1v) is 12.7. The molecule has 1 aromatic heterocycles. The van der Waals surface area contributed by atoms with E-state index in [1.807, 2.05) is 41.1 Å². The molecule has 8 heteroatoms. The molecule has 2 fully saturated rings. The third-order valence-electron chi connectivity index (χ3n) is 6.88. The molecule has 0 spiro atoms. The van der Waals surface area contributed by atoms with Gasteiger partial charge < -0.3 is 9.47 Å². The van der Waals surface area contributed by atoms with Crippen molar-refractivity contribution in [3.05, 3.63) is 63.8 Å². The highest BCUT2D eigenvalue weighted by Crippen LogP contribution is 2.34. The van der Waals surface area contributed by atoms with E-state index >= 15 is 0 Å². The number of fused-ring (bicyclic) bond motifs is 1. The average Bonchev–Trinajstić information content (AvgIpc) is 3.21. The Hall–Kier alpha value is -2.12. The summed E-state index contributed by atoms with van der Waals surface area (Å²) in [6.07, 6.45) is 5.09. The van der Waals surface area contributed by atoms with E-state index in [-0.39, 0.29) is 5.97 Å². The lowest BCUT2D eigenvalue weighted by Gasteiger charge is -2.41. The zero-order chi connectivity index (χ0) is 23.5. The van der Waals surface area contributed by atoms with Crippen LogP contribution in [0.25, 0.3) is 10.9 Å². The van der Waals surface area contributed by atoms with E-state index in [1.165, 1.54) is 6.42 Å². The molecule has 1 saturated carbocycles. The molecule has 1 saturated heterocycles. The van der Waals surface area contributed by atoms with E-state index in [2.05, 4.69) is 4.90 Å². The Balaban J connectivity index is 1.43. The van der Waals surface area contributed by atoms with Crippen LogP contribution in [0.1, 0.15) is 48.2 Å². The standard InChI is InChI=1S/C26H29Cl2N3O3/c27-20-9-8-19(22(28)16-20)17-31-23-7-3-2-6-21(23)24(29-31)25(32)34-26(10-4-1-5-11-26)18-30-12-14-33-15-13-30/h2-3,6-9,16H,1,4-5,10-15,17-18H2. The van der Waals surface area contributed by atoms with Crippen molar-refractivity contribution in [3.8, 4) is 0 Å². The second kappa shape index (κ2) is 10.2. The number of halogens is 2. The number of hydrogen-bond donors (Lipinski definition) is 0. The molecule has 0 bridgehead atoms. The number of para-hydroxylation sites is 1. The number of aromatic nitrogens is 2. The first-order chi connectivity index (χ1) is 16.5. The molecule has 0 amide bonds. The fourth-order valence-electron chi connectivity index (χ4n) is 5.11. The van der Waals surface area contributed by atoms with Crippen LogP contribution in [0.2, 0.25) is 10.0 Å². The summed E-state index contributed by atoms with van der Waals surface area (Å²) in [5.74, 6) is -0.354. The van der Waals surface area contributed by atoms with Gasteiger partial charge in [-0.15, -0.1) is 0 Å². The highest BCUT2D eigenvalue weighted by atomic mass is 35.5. The predicted octanol–water partition coefficient (Wildman–Crippen LogP) is 5.58. The molecule has 0 unspecified atom stereocenters. The van der Waals surface area contributed by atoms with Crippen molar-refractivity contribution in [3.63, 3.8) is 0 Å². The Kier molecular flexibility index (Phi) is 7.11. The number of rotatable bonds is 6. The smallest absolute Gasteiger partial charge is 0.360 e. The summed E-state index contributed by atoms with van der Waals surface area (Å²) in [4.78, 5) is 15.9. The van der Waals surface area contributed by atoms with Crippen LogP contribution in [-0.4, -0.2) is 59.1 Å². The maximum atomic E-state index is 13.6. The van der Waals surface area contributed by atoms with Gasteiger partial charge in [-0.3, -0.25) is 9.58 Å². The van der Waals surface area contributed by atoms with E-state index in [1.54, 1.807) is 6.07 Å². The summed E-state index contributed by atoms with van der Waals surface area (Å²) in [7, 11) is 0. The van der Waals surface area contributed by atoms with Gasteiger partial charge in [0.25, 0.3) is 0 Å². The summed E-state index contributed by atoms with van der Waals surface area (Å²) in [6, 6.07) is 13.2. The van der Waals surface area contributed by atoms with Crippen LogP contribution >= 0.6 is 23.2 Å². The van der Waals surface area contributed by atoms with Crippen molar-refractivity contribution in [2.75, 3.05) is 32.8 Å². The van der Waals surface area contributed by atoms with Crippen molar-refractivity contribution >= 4 is 40.1 Å². The highest BCUT2D eigenvalue weighted by Gasteiger charge is 2.39. The number of carbonyl (C=O) groups is 1. The van der Waals surface area contributed by atoms with Crippen LogP contribution < -0.4 is 0 Å². The lowest BCUT2D eigenvalue weighted by molar-refractivity contribution is -0.0691. The molecule has 0 atom stereocenters. The van der Waals surface area contributed by atoms with Gasteiger partial charge in [0, 0.05) is 35.1 Å². The molecule has 2 heterocycles. The molecule has 0 radical (unpaired) electrons. The van der Waals surface area contributed by atoms with E-state index in [0.717, 1.165) is 75.0 Å². The number of esters is 1. The number of morpholine rings is 1. The van der Waals surface area contributed by atoms with Crippen molar-refractivity contribution in [1.29, 1.82) is 0 Å². The number of ether oxygens (including phenoxy) is 2. The molecule has 5 rings (SSSR count). The monoisotopic (exact) mass is 501 g/mol. The minimum absolute atomic E-state index is 0.354. The maximum Gasteiger partial charge on any atom is 0.360 e. The van der Waals surface area contributed by atoms with Crippen LogP contribution in [0.3, 0.4) is 0 Å². The third kappa shape index (κ3) is 5.10. The molecule has 1 aliphatic heterocycles. The SMILES string of the molecule is O=C(OC1(CN2CCOCC2)CCCCC1)c1nn(Cc2ccc(Cl)cc2Cl)c2ccccc12. The van der Waals surface area contributed by atoms with Gasteiger partial charge in [-0.05, 0) is 49.4 Å². The molecule has 6 nitrogen and oxygen atoms in total. The summed E-state index contributed by atoms with van der Waals surface area (Å²) in [6.45, 7) is 4.39. The topological polar surface area (TPSA) is 56.6 Å². The zero-order valence-electron chi connectivity index (χ0n) is 19.1. The zero-order valence-corrected chi connectivity index (χ0v) is 20.7. The van der Waals surface area contributed by atoms with E-state index < -0.39 is 5.60 Å². The molecule has 180 valence electrons. The van der Waals surface area contributed by atoms with Gasteiger partial charge in [-0.2, -0.15) is 5.10 Å². The van der Waals surface area contributed by atoms with Crippen molar-refractivity contribution in [2.24, 2.45) is 0 Å². The number of carbonyl (C=O) groups excluding carboxylic acids is 1. The second-order valence-electron chi connectivity index (χ2n) is 9.28. The number of nitrogens with zero attached hydrogens (tertiary/aromatic N) is 3. The van der Waals surface area contributed by atoms with Crippen molar-refractivity contribution in [1.82, 2.24) is 14.7 Å². The Morgan fingerprint density at radius 3 is 2.59 bits per heavy atom. The fraction of sp³-hybridized carbons (Fsp3) is 0.462. The molecule has 2 aliphatic rings. The van der Waals surface area contributed by atoms with Gasteiger partial charge >= 0.3 is 5.97 Å². The first-order valence-electron chi connectivity index (χ1n) is 12.0. The van der Waals surface area contributed by atoms with Gasteiger partial charge in [0.15, 0.2) is 5.69 Å². The van der Waals surface area contributed by atoms with Gasteiger partial charge in [0.2, 0.25) is 0 Å². The lowest BCUT2D eigenvalue weighted by atomic mass is 9.84. The highest BCUT2D eigenvalue weighted by molar-refractivity contribution is 6.35. The number of benzene rings is 2. The van der Waals surface area contributed by atoms with Crippen LogP contribution in [0, 0.1) is 0 Å².